The average Bonchev–Trinajstić information content (AvgIpc) is 2.84. The van der Waals surface area contributed by atoms with Gasteiger partial charge >= 0.3 is 0 Å². The molecule has 0 amide bonds. The second kappa shape index (κ2) is 1.76. The van der Waals surface area contributed by atoms with Crippen molar-refractivity contribution in [2.75, 3.05) is 0 Å². The van der Waals surface area contributed by atoms with Crippen molar-refractivity contribution in [1.82, 2.24) is 0 Å². The average molecular weight is 158 g/mol. The summed E-state index contributed by atoms with van der Waals surface area (Å²) in [6.07, 6.45) is 2.67. The predicted octanol–water partition coefficient (Wildman–Crippen LogP) is 3.10. The van der Waals surface area contributed by atoms with Crippen LogP contribution in [0.4, 0.5) is 0 Å². The van der Waals surface area contributed by atoms with E-state index in [1.165, 1.54) is 12.8 Å². The lowest BCUT2D eigenvalue weighted by molar-refractivity contribution is 0.621. The van der Waals surface area contributed by atoms with Crippen LogP contribution in [0.2, 0.25) is 0 Å². The van der Waals surface area contributed by atoms with Gasteiger partial charge in [-0.05, 0) is 40.9 Å². The van der Waals surface area contributed by atoms with Crippen molar-refractivity contribution in [3.8, 4) is 0 Å². The van der Waals surface area contributed by atoms with Crippen molar-refractivity contribution < 1.29 is 0 Å². The Kier molecular flexibility index (Phi) is 0.983. The molecule has 1 aromatic carbocycles. The molecule has 0 N–H and O–H groups in total. The highest BCUT2D eigenvalue weighted by Gasteiger charge is 2.48. The van der Waals surface area contributed by atoms with Crippen LogP contribution in [0.3, 0.4) is 0 Å². The van der Waals surface area contributed by atoms with E-state index in [4.69, 9.17) is 0 Å². The fraction of sp³-hybridized carbons (Fsp3) is 0.500. The van der Waals surface area contributed by atoms with Crippen LogP contribution < -0.4 is 0 Å². The normalized spacial score (nSPS) is 28.0. The Bertz CT molecular complexity index is 347. The van der Waals surface area contributed by atoms with Gasteiger partial charge in [-0.25, -0.2) is 0 Å². The monoisotopic (exact) mass is 158 g/mol. The molecule has 0 spiro atoms. The Labute approximate surface area is 73.6 Å². The maximum atomic E-state index is 2.37. The van der Waals surface area contributed by atoms with E-state index in [0.29, 0.717) is 5.41 Å². The third kappa shape index (κ3) is 0.782. The zero-order chi connectivity index (χ0) is 8.34. The number of rotatable bonds is 1. The van der Waals surface area contributed by atoms with Gasteiger partial charge in [-0.2, -0.15) is 0 Å². The van der Waals surface area contributed by atoms with Gasteiger partial charge in [0.2, 0.25) is 0 Å². The van der Waals surface area contributed by atoms with Gasteiger partial charge in [-0.3, -0.25) is 0 Å². The molecule has 0 heterocycles. The van der Waals surface area contributed by atoms with Gasteiger partial charge in [0.15, 0.2) is 0 Å². The van der Waals surface area contributed by atoms with Crippen LogP contribution in [0.1, 0.15) is 42.9 Å². The van der Waals surface area contributed by atoms with Crippen LogP contribution in [0.25, 0.3) is 0 Å². The summed E-state index contributed by atoms with van der Waals surface area (Å²) in [5, 5.41) is 0. The molecule has 2 aliphatic rings. The fourth-order valence-electron chi connectivity index (χ4n) is 2.29. The number of fused-ring (bicyclic) bond motifs is 1. The molecular weight excluding hydrogens is 144 g/mol. The molecule has 1 saturated carbocycles. The number of hydrogen-bond acceptors (Lipinski definition) is 0. The number of benzene rings is 1. The van der Waals surface area contributed by atoms with E-state index >= 15 is 0 Å². The maximum absolute atomic E-state index is 2.37. The summed E-state index contributed by atoms with van der Waals surface area (Å²) in [7, 11) is 0. The minimum atomic E-state index is 0.595. The highest BCUT2D eigenvalue weighted by atomic mass is 14.5. The summed E-state index contributed by atoms with van der Waals surface area (Å²) in [4.78, 5) is 0. The van der Waals surface area contributed by atoms with Gasteiger partial charge < -0.3 is 0 Å². The van der Waals surface area contributed by atoms with E-state index in [2.05, 4.69) is 32.0 Å². The van der Waals surface area contributed by atoms with Crippen molar-refractivity contribution in [3.05, 3.63) is 34.9 Å². The fourth-order valence-corrected chi connectivity index (χ4v) is 2.29. The first-order chi connectivity index (χ1) is 5.68. The summed E-state index contributed by atoms with van der Waals surface area (Å²) in [5.74, 6) is 0.870. The Balaban J connectivity index is 2.01. The molecular formula is C12H14. The first kappa shape index (κ1) is 6.71. The van der Waals surface area contributed by atoms with Gasteiger partial charge in [0.25, 0.3) is 0 Å². The molecule has 0 radical (unpaired) electrons. The SMILES string of the molecule is CC1(C)CC1c1cccc2c1C2. The van der Waals surface area contributed by atoms with E-state index in [0.717, 1.165) is 5.92 Å². The van der Waals surface area contributed by atoms with Crippen LogP contribution >= 0.6 is 0 Å². The Hall–Kier alpha value is -0.780. The van der Waals surface area contributed by atoms with Crippen LogP contribution in [-0.2, 0) is 6.42 Å². The first-order valence-electron chi connectivity index (χ1n) is 4.79. The van der Waals surface area contributed by atoms with E-state index in [9.17, 15) is 0 Å². The summed E-state index contributed by atoms with van der Waals surface area (Å²) in [6.45, 7) is 4.75. The van der Waals surface area contributed by atoms with Gasteiger partial charge in [-0.1, -0.05) is 32.0 Å². The lowest BCUT2D eigenvalue weighted by Crippen LogP contribution is -1.89. The lowest BCUT2D eigenvalue weighted by Gasteiger charge is -2.02. The molecule has 62 valence electrons. The molecule has 1 aromatic rings. The maximum Gasteiger partial charge on any atom is -0.00171 e. The Morgan fingerprint density at radius 3 is 2.75 bits per heavy atom. The summed E-state index contributed by atoms with van der Waals surface area (Å²) in [6, 6.07) is 6.80. The largest absolute Gasteiger partial charge is 0.0617 e. The van der Waals surface area contributed by atoms with Crippen LogP contribution in [0, 0.1) is 5.41 Å². The van der Waals surface area contributed by atoms with Crippen molar-refractivity contribution in [1.29, 1.82) is 0 Å². The smallest absolute Gasteiger partial charge is 0.00171 e. The van der Waals surface area contributed by atoms with Crippen LogP contribution in [0.5, 0.6) is 0 Å². The molecule has 0 heteroatoms. The molecule has 1 fully saturated rings. The second-order valence-electron chi connectivity index (χ2n) is 4.91. The zero-order valence-electron chi connectivity index (χ0n) is 7.72. The topological polar surface area (TPSA) is 0 Å². The molecule has 0 saturated heterocycles. The van der Waals surface area contributed by atoms with Crippen molar-refractivity contribution in [3.63, 3.8) is 0 Å². The number of hydrogen-bond donors (Lipinski definition) is 0. The van der Waals surface area contributed by atoms with E-state index in [-0.39, 0.29) is 0 Å². The molecule has 0 bridgehead atoms. The van der Waals surface area contributed by atoms with Gasteiger partial charge in [0.05, 0.1) is 0 Å². The van der Waals surface area contributed by atoms with E-state index in [1.54, 1.807) is 16.7 Å². The molecule has 1 atom stereocenters. The second-order valence-corrected chi connectivity index (χ2v) is 4.91. The molecule has 1 unspecified atom stereocenters. The van der Waals surface area contributed by atoms with Crippen molar-refractivity contribution >= 4 is 0 Å². The molecule has 3 rings (SSSR count). The minimum Gasteiger partial charge on any atom is -0.0617 e. The van der Waals surface area contributed by atoms with Gasteiger partial charge in [0.1, 0.15) is 0 Å². The standard InChI is InChI=1S/C12H14/c1-12(2)7-11(12)9-5-3-4-8-6-10(8)9/h3-5,11H,6-7H2,1-2H3. The predicted molar refractivity (Wildman–Crippen MR) is 50.4 cm³/mol. The Morgan fingerprint density at radius 2 is 2.08 bits per heavy atom. The molecule has 12 heavy (non-hydrogen) atoms. The Morgan fingerprint density at radius 1 is 1.33 bits per heavy atom. The zero-order valence-corrected chi connectivity index (χ0v) is 7.72. The molecule has 2 aliphatic carbocycles. The highest BCUT2D eigenvalue weighted by Crippen LogP contribution is 2.60. The summed E-state index contributed by atoms with van der Waals surface area (Å²) in [5.41, 5.74) is 5.50. The van der Waals surface area contributed by atoms with Gasteiger partial charge in [0, 0.05) is 0 Å². The molecule has 0 aromatic heterocycles. The minimum absolute atomic E-state index is 0.595. The van der Waals surface area contributed by atoms with E-state index < -0.39 is 0 Å². The summed E-state index contributed by atoms with van der Waals surface area (Å²) >= 11 is 0. The highest BCUT2D eigenvalue weighted by molar-refractivity contribution is 5.53. The summed E-state index contributed by atoms with van der Waals surface area (Å²) < 4.78 is 0. The van der Waals surface area contributed by atoms with E-state index in [1.807, 2.05) is 0 Å². The quantitative estimate of drug-likeness (QED) is 0.598. The lowest BCUT2D eigenvalue weighted by atomic mass is 10.0. The van der Waals surface area contributed by atoms with Gasteiger partial charge in [-0.15, -0.1) is 0 Å². The molecule has 0 nitrogen and oxygen atoms in total. The third-order valence-corrected chi connectivity index (χ3v) is 3.44. The van der Waals surface area contributed by atoms with Crippen molar-refractivity contribution in [2.45, 2.75) is 32.6 Å². The van der Waals surface area contributed by atoms with Crippen LogP contribution in [-0.4, -0.2) is 0 Å². The first-order valence-corrected chi connectivity index (χ1v) is 4.79. The van der Waals surface area contributed by atoms with Crippen molar-refractivity contribution in [2.24, 2.45) is 5.41 Å². The molecule has 0 aliphatic heterocycles. The van der Waals surface area contributed by atoms with Crippen LogP contribution in [0.15, 0.2) is 18.2 Å². The third-order valence-electron chi connectivity index (χ3n) is 3.44.